The summed E-state index contributed by atoms with van der Waals surface area (Å²) in [4.78, 5) is 19.0. The molecule has 1 aromatic heterocycles. The van der Waals surface area contributed by atoms with Gasteiger partial charge in [-0.15, -0.1) is 0 Å². The van der Waals surface area contributed by atoms with Gasteiger partial charge in [0.2, 0.25) is 5.95 Å². The van der Waals surface area contributed by atoms with Crippen LogP contribution in [0.25, 0.3) is 0 Å². The van der Waals surface area contributed by atoms with Gasteiger partial charge >= 0.3 is 0 Å². The molecule has 0 aliphatic carbocycles. The van der Waals surface area contributed by atoms with Crippen molar-refractivity contribution in [1.82, 2.24) is 19.8 Å². The number of likely N-dealkylation sites (N-methyl/N-ethyl adjacent to an activating group) is 1. The summed E-state index contributed by atoms with van der Waals surface area (Å²) in [5, 5.41) is 9.97. The maximum atomic E-state index is 9.97. The van der Waals surface area contributed by atoms with Crippen molar-refractivity contribution in [2.24, 2.45) is 0 Å². The van der Waals surface area contributed by atoms with E-state index in [0.29, 0.717) is 6.54 Å². The highest BCUT2D eigenvalue weighted by atomic mass is 16.3. The molecule has 3 fully saturated rings. The van der Waals surface area contributed by atoms with Crippen LogP contribution in [0.1, 0.15) is 25.7 Å². The van der Waals surface area contributed by atoms with Gasteiger partial charge in [0.25, 0.3) is 0 Å². The van der Waals surface area contributed by atoms with E-state index >= 15 is 0 Å². The van der Waals surface area contributed by atoms with E-state index in [4.69, 9.17) is 4.98 Å². The van der Waals surface area contributed by atoms with Crippen molar-refractivity contribution in [2.75, 3.05) is 69.7 Å². The Kier molecular flexibility index (Phi) is 5.03. The highest BCUT2D eigenvalue weighted by Gasteiger charge is 2.42. The van der Waals surface area contributed by atoms with Crippen LogP contribution in [0, 0.1) is 0 Å². The molecule has 1 N–H and O–H groups in total. The summed E-state index contributed by atoms with van der Waals surface area (Å²) >= 11 is 0. The Hall–Kier alpha value is -1.44. The molecule has 4 heterocycles. The summed E-state index contributed by atoms with van der Waals surface area (Å²) in [5.41, 5.74) is 0.242. The molecule has 144 valence electrons. The van der Waals surface area contributed by atoms with Gasteiger partial charge in [-0.05, 0) is 58.9 Å². The number of nitrogens with zero attached hydrogens (tertiary/aromatic N) is 6. The molecule has 1 spiro atoms. The number of rotatable bonds is 2. The third kappa shape index (κ3) is 3.52. The Morgan fingerprint density at radius 1 is 1.08 bits per heavy atom. The number of piperidine rings is 2. The number of likely N-dealkylation sites (tertiary alicyclic amines) is 1. The van der Waals surface area contributed by atoms with Gasteiger partial charge in [-0.2, -0.15) is 4.98 Å². The molecule has 3 aliphatic rings. The normalized spacial score (nSPS) is 27.9. The minimum atomic E-state index is -0.242. The Morgan fingerprint density at radius 3 is 2.65 bits per heavy atom. The molecule has 0 amide bonds. The minimum Gasteiger partial charge on any atom is -0.391 e. The van der Waals surface area contributed by atoms with Crippen molar-refractivity contribution in [2.45, 2.75) is 37.3 Å². The van der Waals surface area contributed by atoms with Gasteiger partial charge in [0.15, 0.2) is 0 Å². The zero-order valence-electron chi connectivity index (χ0n) is 16.1. The molecular formula is C19H32N6O. The lowest BCUT2D eigenvalue weighted by Gasteiger charge is -2.52. The van der Waals surface area contributed by atoms with Crippen LogP contribution in [0.15, 0.2) is 12.3 Å². The van der Waals surface area contributed by atoms with E-state index in [1.165, 1.54) is 12.8 Å². The number of aromatic nitrogens is 2. The first-order valence-corrected chi connectivity index (χ1v) is 9.97. The minimum absolute atomic E-state index is 0.242. The van der Waals surface area contributed by atoms with E-state index in [1.54, 1.807) is 0 Å². The molecule has 3 saturated heterocycles. The molecule has 1 aromatic rings. The highest BCUT2D eigenvalue weighted by Crippen LogP contribution is 2.32. The van der Waals surface area contributed by atoms with Gasteiger partial charge in [-0.3, -0.25) is 4.90 Å². The fourth-order valence-corrected chi connectivity index (χ4v) is 4.64. The number of β-amino-alcohol motifs (C(OH)–C–C–N with tert-alkyl or cyclic N) is 1. The maximum Gasteiger partial charge on any atom is 0.227 e. The highest BCUT2D eigenvalue weighted by molar-refractivity contribution is 5.45. The Balaban J connectivity index is 1.51. The van der Waals surface area contributed by atoms with Crippen molar-refractivity contribution in [3.63, 3.8) is 0 Å². The van der Waals surface area contributed by atoms with Gasteiger partial charge < -0.3 is 19.8 Å². The summed E-state index contributed by atoms with van der Waals surface area (Å²) < 4.78 is 0. The second-order valence-electron chi connectivity index (χ2n) is 8.33. The van der Waals surface area contributed by atoms with E-state index in [9.17, 15) is 5.11 Å². The average molecular weight is 361 g/mol. The zero-order valence-corrected chi connectivity index (χ0v) is 16.1. The predicted octanol–water partition coefficient (Wildman–Crippen LogP) is 0.654. The lowest BCUT2D eigenvalue weighted by atomic mass is 9.84. The first-order valence-electron chi connectivity index (χ1n) is 9.97. The van der Waals surface area contributed by atoms with Crippen molar-refractivity contribution in [3.8, 4) is 0 Å². The number of aliphatic hydroxyl groups excluding tert-OH is 1. The molecular weight excluding hydrogens is 328 g/mol. The monoisotopic (exact) mass is 360 g/mol. The molecule has 0 aromatic carbocycles. The summed E-state index contributed by atoms with van der Waals surface area (Å²) in [6.07, 6.45) is 5.95. The SMILES string of the molecule is CN1CCC2(CC1)CN(c1nccc(N3CCC[C@H](O)C3)n1)CCN2C. The smallest absolute Gasteiger partial charge is 0.227 e. The van der Waals surface area contributed by atoms with Crippen LogP contribution >= 0.6 is 0 Å². The van der Waals surface area contributed by atoms with Crippen molar-refractivity contribution in [3.05, 3.63) is 12.3 Å². The first-order chi connectivity index (χ1) is 12.6. The van der Waals surface area contributed by atoms with Crippen LogP contribution < -0.4 is 9.80 Å². The van der Waals surface area contributed by atoms with E-state index < -0.39 is 0 Å². The summed E-state index contributed by atoms with van der Waals surface area (Å²) in [7, 11) is 4.49. The number of piperazine rings is 1. The lowest BCUT2D eigenvalue weighted by Crippen LogP contribution is -2.64. The molecule has 0 bridgehead atoms. The molecule has 0 radical (unpaired) electrons. The number of hydrogen-bond acceptors (Lipinski definition) is 7. The van der Waals surface area contributed by atoms with E-state index in [2.05, 4.69) is 38.7 Å². The molecule has 7 nitrogen and oxygen atoms in total. The topological polar surface area (TPSA) is 59.0 Å². The van der Waals surface area contributed by atoms with Gasteiger partial charge in [0.1, 0.15) is 5.82 Å². The largest absolute Gasteiger partial charge is 0.391 e. The predicted molar refractivity (Wildman–Crippen MR) is 104 cm³/mol. The molecule has 0 saturated carbocycles. The molecule has 0 unspecified atom stereocenters. The Bertz CT molecular complexity index is 618. The van der Waals surface area contributed by atoms with Gasteiger partial charge in [0, 0.05) is 44.5 Å². The van der Waals surface area contributed by atoms with Crippen LogP contribution in [0.4, 0.5) is 11.8 Å². The Morgan fingerprint density at radius 2 is 1.88 bits per heavy atom. The number of hydrogen-bond donors (Lipinski definition) is 1. The van der Waals surface area contributed by atoms with Crippen molar-refractivity contribution in [1.29, 1.82) is 0 Å². The van der Waals surface area contributed by atoms with Gasteiger partial charge in [-0.25, -0.2) is 4.98 Å². The maximum absolute atomic E-state index is 9.97. The van der Waals surface area contributed by atoms with Gasteiger partial charge in [-0.1, -0.05) is 0 Å². The van der Waals surface area contributed by atoms with Crippen LogP contribution in [0.2, 0.25) is 0 Å². The summed E-state index contributed by atoms with van der Waals surface area (Å²) in [6.45, 7) is 6.99. The standard InChI is InChI=1S/C19H32N6O/c1-22-10-6-19(7-11-22)15-25(13-12-23(19)2)18-20-8-5-17(21-18)24-9-3-4-16(26)14-24/h5,8,16,26H,3-4,6-7,9-15H2,1-2H3/t16-/m0/s1. The Labute approximate surface area is 156 Å². The second-order valence-corrected chi connectivity index (χ2v) is 8.33. The fourth-order valence-electron chi connectivity index (χ4n) is 4.64. The van der Waals surface area contributed by atoms with Crippen LogP contribution in [-0.2, 0) is 0 Å². The summed E-state index contributed by atoms with van der Waals surface area (Å²) in [6, 6.07) is 1.98. The van der Waals surface area contributed by atoms with E-state index in [1.807, 2.05) is 12.3 Å². The zero-order chi connectivity index (χ0) is 18.1. The van der Waals surface area contributed by atoms with Gasteiger partial charge in [0.05, 0.1) is 6.10 Å². The molecule has 1 atom stereocenters. The molecule has 7 heteroatoms. The molecule has 3 aliphatic heterocycles. The number of aliphatic hydroxyl groups is 1. The van der Waals surface area contributed by atoms with Crippen molar-refractivity contribution < 1.29 is 5.11 Å². The van der Waals surface area contributed by atoms with Crippen LogP contribution in [0.5, 0.6) is 0 Å². The molecule has 26 heavy (non-hydrogen) atoms. The summed E-state index contributed by atoms with van der Waals surface area (Å²) in [5.74, 6) is 1.79. The lowest BCUT2D eigenvalue weighted by molar-refractivity contribution is 0.0381. The van der Waals surface area contributed by atoms with Crippen LogP contribution in [-0.4, -0.2) is 96.4 Å². The fraction of sp³-hybridized carbons (Fsp3) is 0.789. The second kappa shape index (κ2) is 7.29. The third-order valence-corrected chi connectivity index (χ3v) is 6.55. The average Bonchev–Trinajstić information content (AvgIpc) is 2.66. The molecule has 4 rings (SSSR count). The van der Waals surface area contributed by atoms with Crippen molar-refractivity contribution >= 4 is 11.8 Å². The van der Waals surface area contributed by atoms with Crippen LogP contribution in [0.3, 0.4) is 0 Å². The third-order valence-electron chi connectivity index (χ3n) is 6.55. The van der Waals surface area contributed by atoms with E-state index in [-0.39, 0.29) is 11.6 Å². The number of anilines is 2. The van der Waals surface area contributed by atoms with E-state index in [0.717, 1.165) is 63.9 Å². The quantitative estimate of drug-likeness (QED) is 0.831. The first kappa shape index (κ1) is 17.9.